The third kappa shape index (κ3) is 4.31. The van der Waals surface area contributed by atoms with Gasteiger partial charge in [-0.25, -0.2) is 23.4 Å². The Hall–Kier alpha value is -4.14. The van der Waals surface area contributed by atoms with Crippen LogP contribution in [0.4, 0.5) is 14.5 Å². The fourth-order valence-electron chi connectivity index (χ4n) is 3.04. The smallest absolute Gasteiger partial charge is 0.258 e. The maximum Gasteiger partial charge on any atom is 0.258 e. The molecule has 162 valence electrons. The number of ether oxygens (including phenoxy) is 1. The number of aryl methyl sites for hydroxylation is 1. The molecule has 7 nitrogen and oxygen atoms in total. The predicted octanol–water partition coefficient (Wildman–Crippen LogP) is 4.91. The molecule has 1 amide bonds. The molecule has 0 aliphatic carbocycles. The summed E-state index contributed by atoms with van der Waals surface area (Å²) in [6, 6.07) is 10.9. The van der Waals surface area contributed by atoms with E-state index in [1.807, 2.05) is 20.8 Å². The lowest BCUT2D eigenvalue weighted by atomic mass is 10.2. The lowest BCUT2D eigenvalue weighted by Crippen LogP contribution is -2.13. The maximum absolute atomic E-state index is 13.8. The Bertz CT molecular complexity index is 1300. The van der Waals surface area contributed by atoms with Gasteiger partial charge < -0.3 is 10.1 Å². The van der Waals surface area contributed by atoms with Crippen LogP contribution in [-0.4, -0.2) is 25.7 Å². The van der Waals surface area contributed by atoms with Crippen LogP contribution in [0.5, 0.6) is 11.6 Å². The molecule has 2 heterocycles. The topological polar surface area (TPSA) is 81.9 Å². The Morgan fingerprint density at radius 1 is 1.00 bits per heavy atom. The lowest BCUT2D eigenvalue weighted by molar-refractivity contribution is 0.102. The van der Waals surface area contributed by atoms with Gasteiger partial charge in [0.1, 0.15) is 23.7 Å². The molecule has 0 saturated carbocycles. The van der Waals surface area contributed by atoms with Crippen LogP contribution in [0.25, 0.3) is 5.82 Å². The molecule has 0 bridgehead atoms. The van der Waals surface area contributed by atoms with E-state index in [1.165, 1.54) is 6.33 Å². The van der Waals surface area contributed by atoms with Crippen molar-refractivity contribution in [1.29, 1.82) is 0 Å². The number of hydrogen-bond acceptors (Lipinski definition) is 5. The van der Waals surface area contributed by atoms with Crippen LogP contribution in [-0.2, 0) is 0 Å². The van der Waals surface area contributed by atoms with Gasteiger partial charge in [-0.15, -0.1) is 0 Å². The molecule has 2 aromatic carbocycles. The Labute approximate surface area is 182 Å². The molecule has 0 fully saturated rings. The highest BCUT2D eigenvalue weighted by Crippen LogP contribution is 2.24. The van der Waals surface area contributed by atoms with E-state index in [0.29, 0.717) is 29.2 Å². The Balaban J connectivity index is 1.47. The highest BCUT2D eigenvalue weighted by Gasteiger charge is 2.14. The van der Waals surface area contributed by atoms with Crippen molar-refractivity contribution >= 4 is 11.6 Å². The molecule has 0 saturated heterocycles. The number of carbonyl (C=O) groups is 1. The van der Waals surface area contributed by atoms with E-state index in [0.717, 1.165) is 29.1 Å². The second-order valence-electron chi connectivity index (χ2n) is 7.13. The first-order chi connectivity index (χ1) is 15.3. The lowest BCUT2D eigenvalue weighted by Gasteiger charge is -2.09. The van der Waals surface area contributed by atoms with Crippen molar-refractivity contribution in [3.63, 3.8) is 0 Å². The number of amides is 1. The van der Waals surface area contributed by atoms with Gasteiger partial charge in [-0.2, -0.15) is 5.10 Å². The molecule has 0 unspecified atom stereocenters. The first-order valence-corrected chi connectivity index (χ1v) is 9.71. The van der Waals surface area contributed by atoms with Gasteiger partial charge in [0, 0.05) is 23.5 Å². The molecule has 0 radical (unpaired) electrons. The summed E-state index contributed by atoms with van der Waals surface area (Å²) in [5, 5.41) is 7.05. The van der Waals surface area contributed by atoms with E-state index in [4.69, 9.17) is 4.74 Å². The van der Waals surface area contributed by atoms with Crippen molar-refractivity contribution in [3.8, 4) is 17.4 Å². The summed E-state index contributed by atoms with van der Waals surface area (Å²) in [6.07, 6.45) is 1.39. The summed E-state index contributed by atoms with van der Waals surface area (Å²) < 4.78 is 34.3. The van der Waals surface area contributed by atoms with Crippen LogP contribution >= 0.6 is 0 Å². The first kappa shape index (κ1) is 21.1. The fourth-order valence-corrected chi connectivity index (χ4v) is 3.04. The minimum absolute atomic E-state index is 0.250. The average molecular weight is 435 g/mol. The van der Waals surface area contributed by atoms with E-state index in [-0.39, 0.29) is 5.56 Å². The summed E-state index contributed by atoms with van der Waals surface area (Å²) >= 11 is 0. The van der Waals surface area contributed by atoms with Crippen LogP contribution in [0.3, 0.4) is 0 Å². The van der Waals surface area contributed by atoms with Gasteiger partial charge in [0.25, 0.3) is 5.91 Å². The molecule has 4 rings (SSSR count). The molecule has 0 aliphatic heterocycles. The largest absolute Gasteiger partial charge is 0.439 e. The molecule has 2 aromatic heterocycles. The summed E-state index contributed by atoms with van der Waals surface area (Å²) in [7, 11) is 0. The van der Waals surface area contributed by atoms with Crippen molar-refractivity contribution in [2.24, 2.45) is 0 Å². The summed E-state index contributed by atoms with van der Waals surface area (Å²) in [4.78, 5) is 20.6. The molecule has 32 heavy (non-hydrogen) atoms. The summed E-state index contributed by atoms with van der Waals surface area (Å²) in [6.45, 7) is 5.89. The normalized spacial score (nSPS) is 10.8. The van der Waals surface area contributed by atoms with E-state index in [1.54, 1.807) is 35.0 Å². The quantitative estimate of drug-likeness (QED) is 0.482. The van der Waals surface area contributed by atoms with Gasteiger partial charge in [-0.1, -0.05) is 0 Å². The standard InChI is InChI=1S/C23H19F2N5O2/c1-13-14(2)29-30(15(13)3)21-11-22(27-12-26-21)32-18-7-5-17(6-8-18)28-23(31)19-9-4-16(24)10-20(19)25/h4-12H,1-3H3,(H,28,31). The van der Waals surface area contributed by atoms with Gasteiger partial charge in [0.2, 0.25) is 5.88 Å². The summed E-state index contributed by atoms with van der Waals surface area (Å²) in [5.74, 6) is -0.984. The minimum Gasteiger partial charge on any atom is -0.439 e. The molecule has 0 aliphatic rings. The third-order valence-electron chi connectivity index (χ3n) is 5.01. The molecule has 9 heteroatoms. The molecular weight excluding hydrogens is 416 g/mol. The number of aromatic nitrogens is 4. The van der Waals surface area contributed by atoms with Crippen LogP contribution in [0.1, 0.15) is 27.3 Å². The number of nitrogens with one attached hydrogen (secondary N) is 1. The zero-order valence-corrected chi connectivity index (χ0v) is 17.6. The number of carbonyl (C=O) groups excluding carboxylic acids is 1. The molecule has 0 spiro atoms. The molecule has 1 N–H and O–H groups in total. The predicted molar refractivity (Wildman–Crippen MR) is 114 cm³/mol. The third-order valence-corrected chi connectivity index (χ3v) is 5.01. The van der Waals surface area contributed by atoms with Crippen molar-refractivity contribution < 1.29 is 18.3 Å². The van der Waals surface area contributed by atoms with E-state index in [2.05, 4.69) is 20.4 Å². The van der Waals surface area contributed by atoms with E-state index >= 15 is 0 Å². The first-order valence-electron chi connectivity index (χ1n) is 9.71. The van der Waals surface area contributed by atoms with Crippen LogP contribution in [0, 0.1) is 32.4 Å². The van der Waals surface area contributed by atoms with Crippen molar-refractivity contribution in [3.05, 3.63) is 89.0 Å². The molecule has 4 aromatic rings. The van der Waals surface area contributed by atoms with Gasteiger partial charge in [0.05, 0.1) is 11.3 Å². The number of benzene rings is 2. The second-order valence-corrected chi connectivity index (χ2v) is 7.13. The van der Waals surface area contributed by atoms with Gasteiger partial charge in [-0.05, 0) is 62.7 Å². The highest BCUT2D eigenvalue weighted by molar-refractivity contribution is 6.04. The SMILES string of the molecule is Cc1nn(-c2cc(Oc3ccc(NC(=O)c4ccc(F)cc4F)cc3)ncn2)c(C)c1C. The Morgan fingerprint density at radius 3 is 2.41 bits per heavy atom. The zero-order chi connectivity index (χ0) is 22.8. The van der Waals surface area contributed by atoms with E-state index in [9.17, 15) is 13.6 Å². The minimum atomic E-state index is -0.931. The average Bonchev–Trinajstić information content (AvgIpc) is 3.02. The zero-order valence-electron chi connectivity index (χ0n) is 17.6. The van der Waals surface area contributed by atoms with Crippen LogP contribution in [0.15, 0.2) is 54.9 Å². The molecule has 0 atom stereocenters. The second kappa shape index (κ2) is 8.54. The van der Waals surface area contributed by atoms with Crippen LogP contribution in [0.2, 0.25) is 0 Å². The number of anilines is 1. The number of halogens is 2. The van der Waals surface area contributed by atoms with Gasteiger partial charge in [-0.3, -0.25) is 4.79 Å². The van der Waals surface area contributed by atoms with E-state index < -0.39 is 17.5 Å². The summed E-state index contributed by atoms with van der Waals surface area (Å²) in [5.41, 5.74) is 3.16. The molecular formula is C23H19F2N5O2. The highest BCUT2D eigenvalue weighted by atomic mass is 19.1. The monoisotopic (exact) mass is 435 g/mol. The number of nitrogens with zero attached hydrogens (tertiary/aromatic N) is 4. The van der Waals surface area contributed by atoms with Gasteiger partial charge >= 0.3 is 0 Å². The van der Waals surface area contributed by atoms with Crippen LogP contribution < -0.4 is 10.1 Å². The van der Waals surface area contributed by atoms with Crippen molar-refractivity contribution in [2.45, 2.75) is 20.8 Å². The van der Waals surface area contributed by atoms with Crippen molar-refractivity contribution in [1.82, 2.24) is 19.7 Å². The van der Waals surface area contributed by atoms with Crippen molar-refractivity contribution in [2.75, 3.05) is 5.32 Å². The fraction of sp³-hybridized carbons (Fsp3) is 0.130. The number of hydrogen-bond donors (Lipinski definition) is 1. The Morgan fingerprint density at radius 2 is 1.75 bits per heavy atom. The Kier molecular flexibility index (Phi) is 5.63. The maximum atomic E-state index is 13.8. The van der Waals surface area contributed by atoms with Gasteiger partial charge in [0.15, 0.2) is 5.82 Å². The number of rotatable bonds is 5.